The summed E-state index contributed by atoms with van der Waals surface area (Å²) in [5.41, 5.74) is 1.41. The number of amides is 2. The Morgan fingerprint density at radius 1 is 0.743 bits per heavy atom. The third-order valence-electron chi connectivity index (χ3n) is 6.00. The topological polar surface area (TPSA) is 151 Å². The fourth-order valence-corrected chi connectivity index (χ4v) is 4.21. The van der Waals surface area contributed by atoms with E-state index in [1.165, 1.54) is 24.3 Å². The van der Waals surface area contributed by atoms with E-state index in [1.54, 1.807) is 12.1 Å². The molecule has 2 fully saturated rings. The molecular formula is C25H26N2O8. The van der Waals surface area contributed by atoms with Crippen molar-refractivity contribution in [2.45, 2.75) is 44.3 Å². The van der Waals surface area contributed by atoms with Crippen molar-refractivity contribution in [2.24, 2.45) is 0 Å². The minimum Gasteiger partial charge on any atom is -0.478 e. The molecular weight excluding hydrogens is 456 g/mol. The zero-order chi connectivity index (χ0) is 24.9. The highest BCUT2D eigenvalue weighted by Crippen LogP contribution is 2.25. The van der Waals surface area contributed by atoms with Crippen LogP contribution < -0.4 is 10.6 Å². The lowest BCUT2D eigenvalue weighted by Gasteiger charge is -2.15. The highest BCUT2D eigenvalue weighted by Gasteiger charge is 2.26. The summed E-state index contributed by atoms with van der Waals surface area (Å²) in [5, 5.41) is 24.6. The largest absolute Gasteiger partial charge is 0.478 e. The number of rotatable bonds is 8. The molecule has 10 nitrogen and oxygen atoms in total. The van der Waals surface area contributed by atoms with Crippen LogP contribution in [0.3, 0.4) is 0 Å². The molecule has 2 unspecified atom stereocenters. The third-order valence-corrected chi connectivity index (χ3v) is 6.00. The van der Waals surface area contributed by atoms with Crippen molar-refractivity contribution in [1.29, 1.82) is 0 Å². The van der Waals surface area contributed by atoms with Gasteiger partial charge in [-0.05, 0) is 67.5 Å². The minimum atomic E-state index is -1.20. The smallest absolute Gasteiger partial charge is 0.337 e. The average molecular weight is 482 g/mol. The maximum atomic E-state index is 12.3. The first-order valence-electron chi connectivity index (χ1n) is 11.4. The standard InChI is InChI=1S/C25H26N2O8/c28-22(20-3-1-9-34-20)26-18-7-5-14(12-16(18)24(30)31)11-15-6-8-19(17(13-15)25(32)33)27-23(29)21-4-2-10-35-21/h5-8,12-13,20-21H,1-4,9-11H2,(H,26,28)(H,27,29)(H,30,31)(H,32,33). The van der Waals surface area contributed by atoms with Crippen molar-refractivity contribution in [2.75, 3.05) is 23.8 Å². The van der Waals surface area contributed by atoms with Crippen molar-refractivity contribution in [3.8, 4) is 0 Å². The van der Waals surface area contributed by atoms with Gasteiger partial charge in [-0.25, -0.2) is 9.59 Å². The quantitative estimate of drug-likeness (QED) is 0.448. The normalized spacial score (nSPS) is 19.3. The summed E-state index contributed by atoms with van der Waals surface area (Å²) in [6, 6.07) is 9.26. The van der Waals surface area contributed by atoms with Gasteiger partial charge >= 0.3 is 11.9 Å². The molecule has 2 saturated heterocycles. The van der Waals surface area contributed by atoms with Gasteiger partial charge in [0.1, 0.15) is 12.2 Å². The number of hydrogen-bond donors (Lipinski definition) is 4. The molecule has 0 bridgehead atoms. The van der Waals surface area contributed by atoms with E-state index < -0.39 is 24.1 Å². The van der Waals surface area contributed by atoms with Crippen molar-refractivity contribution >= 4 is 35.1 Å². The number of carboxylic acids is 2. The highest BCUT2D eigenvalue weighted by atomic mass is 16.5. The summed E-state index contributed by atoms with van der Waals surface area (Å²) in [6.07, 6.45) is 1.79. The van der Waals surface area contributed by atoms with E-state index in [1.807, 2.05) is 0 Å². The molecule has 2 atom stereocenters. The summed E-state index contributed by atoms with van der Waals surface area (Å²) >= 11 is 0. The van der Waals surface area contributed by atoms with Gasteiger partial charge < -0.3 is 30.3 Å². The fraction of sp³-hybridized carbons (Fsp3) is 0.360. The van der Waals surface area contributed by atoms with Gasteiger partial charge in [-0.15, -0.1) is 0 Å². The maximum Gasteiger partial charge on any atom is 0.337 e. The monoisotopic (exact) mass is 482 g/mol. The second-order valence-electron chi connectivity index (χ2n) is 8.53. The highest BCUT2D eigenvalue weighted by molar-refractivity contribution is 6.03. The van der Waals surface area contributed by atoms with Crippen LogP contribution in [0.4, 0.5) is 11.4 Å². The van der Waals surface area contributed by atoms with Crippen LogP contribution in [0.25, 0.3) is 0 Å². The van der Waals surface area contributed by atoms with Gasteiger partial charge in [0.2, 0.25) is 0 Å². The molecule has 0 saturated carbocycles. The Kier molecular flexibility index (Phi) is 7.42. The van der Waals surface area contributed by atoms with Gasteiger partial charge in [-0.2, -0.15) is 0 Å². The number of carbonyl (C=O) groups is 4. The van der Waals surface area contributed by atoms with Gasteiger partial charge in [0, 0.05) is 13.2 Å². The van der Waals surface area contributed by atoms with Crippen LogP contribution in [-0.4, -0.2) is 59.4 Å². The second kappa shape index (κ2) is 10.7. The number of carboxylic acid groups (broad SMARTS) is 2. The number of nitrogens with one attached hydrogen (secondary N) is 2. The van der Waals surface area contributed by atoms with Crippen molar-refractivity contribution in [1.82, 2.24) is 0 Å². The molecule has 2 amide bonds. The Balaban J connectivity index is 1.51. The van der Waals surface area contributed by atoms with Crippen LogP contribution in [0, 0.1) is 0 Å². The van der Waals surface area contributed by atoms with E-state index in [2.05, 4.69) is 10.6 Å². The zero-order valence-electron chi connectivity index (χ0n) is 18.9. The molecule has 2 aliphatic rings. The average Bonchev–Trinajstić information content (AvgIpc) is 3.55. The number of ether oxygens (including phenoxy) is 2. The van der Waals surface area contributed by atoms with Gasteiger partial charge in [0.05, 0.1) is 22.5 Å². The molecule has 0 aliphatic carbocycles. The lowest BCUT2D eigenvalue weighted by Crippen LogP contribution is -2.27. The Bertz CT molecular complexity index is 1060. The van der Waals surface area contributed by atoms with Gasteiger partial charge in [-0.3, -0.25) is 9.59 Å². The van der Waals surface area contributed by atoms with Gasteiger partial charge in [0.15, 0.2) is 0 Å². The molecule has 0 radical (unpaired) electrons. The Labute approximate surface area is 201 Å². The van der Waals surface area contributed by atoms with E-state index in [9.17, 15) is 29.4 Å². The first-order valence-corrected chi connectivity index (χ1v) is 11.4. The Morgan fingerprint density at radius 2 is 1.17 bits per heavy atom. The summed E-state index contributed by atoms with van der Waals surface area (Å²) < 4.78 is 10.7. The van der Waals surface area contributed by atoms with E-state index in [4.69, 9.17) is 9.47 Å². The van der Waals surface area contributed by atoms with E-state index in [-0.39, 0.29) is 40.7 Å². The Hall–Kier alpha value is -3.76. The lowest BCUT2D eigenvalue weighted by atomic mass is 9.99. The van der Waals surface area contributed by atoms with Crippen LogP contribution >= 0.6 is 0 Å². The molecule has 2 heterocycles. The summed E-state index contributed by atoms with van der Waals surface area (Å²) in [5.74, 6) is -3.17. The van der Waals surface area contributed by atoms with Gasteiger partial charge in [0.25, 0.3) is 11.8 Å². The number of carbonyl (C=O) groups excluding carboxylic acids is 2. The number of benzene rings is 2. The minimum absolute atomic E-state index is 0.0762. The maximum absolute atomic E-state index is 12.3. The SMILES string of the molecule is O=C(O)c1cc(Cc2ccc(NC(=O)C3CCCO3)c(C(=O)O)c2)ccc1NC(=O)C1CCCO1. The number of aromatic carboxylic acids is 2. The molecule has 4 rings (SSSR count). The first kappa shape index (κ1) is 24.4. The lowest BCUT2D eigenvalue weighted by molar-refractivity contribution is -0.125. The molecule has 10 heteroatoms. The van der Waals surface area contributed by atoms with Crippen molar-refractivity contribution in [3.05, 3.63) is 58.7 Å². The molecule has 0 aromatic heterocycles. The van der Waals surface area contributed by atoms with Gasteiger partial charge in [-0.1, -0.05) is 12.1 Å². The molecule has 2 aromatic rings. The Morgan fingerprint density at radius 3 is 1.51 bits per heavy atom. The van der Waals surface area contributed by atoms with Crippen LogP contribution in [0.2, 0.25) is 0 Å². The zero-order valence-corrected chi connectivity index (χ0v) is 18.9. The van der Waals surface area contributed by atoms with Crippen LogP contribution in [-0.2, 0) is 25.5 Å². The third kappa shape index (κ3) is 5.84. The fourth-order valence-electron chi connectivity index (χ4n) is 4.21. The van der Waals surface area contributed by atoms with Crippen molar-refractivity contribution < 1.29 is 38.9 Å². The predicted octanol–water partition coefficient (Wildman–Crippen LogP) is 2.91. The predicted molar refractivity (Wildman–Crippen MR) is 125 cm³/mol. The first-order chi connectivity index (χ1) is 16.8. The summed E-state index contributed by atoms with van der Waals surface area (Å²) in [6.45, 7) is 0.996. The molecule has 4 N–H and O–H groups in total. The van der Waals surface area contributed by atoms with Crippen molar-refractivity contribution in [3.63, 3.8) is 0 Å². The number of anilines is 2. The number of hydrogen-bond acceptors (Lipinski definition) is 6. The second-order valence-corrected chi connectivity index (χ2v) is 8.53. The summed E-state index contributed by atoms with van der Waals surface area (Å²) in [4.78, 5) is 48.3. The van der Waals surface area contributed by atoms with Crippen LogP contribution in [0.1, 0.15) is 57.5 Å². The molecule has 2 aromatic carbocycles. The molecule has 184 valence electrons. The van der Waals surface area contributed by atoms with Crippen LogP contribution in [0.5, 0.6) is 0 Å². The molecule has 2 aliphatic heterocycles. The molecule has 35 heavy (non-hydrogen) atoms. The summed E-state index contributed by atoms with van der Waals surface area (Å²) in [7, 11) is 0. The van der Waals surface area contributed by atoms with E-state index in [0.717, 1.165) is 12.8 Å². The molecule has 0 spiro atoms. The van der Waals surface area contributed by atoms with Crippen LogP contribution in [0.15, 0.2) is 36.4 Å². The van der Waals surface area contributed by atoms with E-state index >= 15 is 0 Å². The van der Waals surface area contributed by atoms with E-state index in [0.29, 0.717) is 37.2 Å².